The maximum atomic E-state index is 13.3. The lowest BCUT2D eigenvalue weighted by Gasteiger charge is -2.50. The fourth-order valence-corrected chi connectivity index (χ4v) is 7.35. The molecule has 0 saturated carbocycles. The molecule has 36 heavy (non-hydrogen) atoms. The van der Waals surface area contributed by atoms with Crippen LogP contribution in [-0.2, 0) is 21.7 Å². The molecule has 3 N–H and O–H groups in total. The zero-order valence-electron chi connectivity index (χ0n) is 20.2. The maximum Gasteiger partial charge on any atom is 0.252 e. The Balaban J connectivity index is 1.73. The molecule has 5 unspecified atom stereocenters. The number of carbonyl (C=O) groups excluding carboxylic acids is 1. The lowest BCUT2D eigenvalue weighted by atomic mass is 9.91. The maximum absolute atomic E-state index is 13.3. The molecule has 0 aliphatic carbocycles. The van der Waals surface area contributed by atoms with Gasteiger partial charge in [-0.15, -0.1) is 0 Å². The lowest BCUT2D eigenvalue weighted by Crippen LogP contribution is -2.65. The van der Waals surface area contributed by atoms with E-state index in [9.17, 15) is 9.90 Å². The second-order valence-electron chi connectivity index (χ2n) is 10.2. The molecule has 2 bridgehead atoms. The molecule has 182 valence electrons. The smallest absolute Gasteiger partial charge is 0.252 e. The summed E-state index contributed by atoms with van der Waals surface area (Å²) in [5, 5.41) is 22.1. The number of rotatable bonds is 2. The van der Waals surface area contributed by atoms with Gasteiger partial charge in [-0.2, -0.15) is 0 Å². The number of methoxy groups -OCH3 is 1. The van der Waals surface area contributed by atoms with Gasteiger partial charge in [-0.05, 0) is 31.7 Å². The van der Waals surface area contributed by atoms with Gasteiger partial charge in [0.25, 0.3) is 5.91 Å². The van der Waals surface area contributed by atoms with E-state index >= 15 is 0 Å². The van der Waals surface area contributed by atoms with Crippen LogP contribution in [-0.4, -0.2) is 52.6 Å². The Labute approximate surface area is 206 Å². The van der Waals surface area contributed by atoms with Crippen LogP contribution in [0.4, 0.5) is 0 Å². The van der Waals surface area contributed by atoms with E-state index in [1.165, 1.54) is 0 Å². The van der Waals surface area contributed by atoms with Crippen molar-refractivity contribution in [2.75, 3.05) is 14.2 Å². The highest BCUT2D eigenvalue weighted by Gasteiger charge is 2.56. The average molecular weight is 483 g/mol. The molecule has 2 aromatic heterocycles. The number of aliphatic hydroxyl groups excluding tert-OH is 1. The van der Waals surface area contributed by atoms with Crippen LogP contribution < -0.4 is 10.6 Å². The summed E-state index contributed by atoms with van der Waals surface area (Å²) in [6.07, 6.45) is -2.06. The summed E-state index contributed by atoms with van der Waals surface area (Å²) < 4.78 is 17.4. The lowest BCUT2D eigenvalue weighted by molar-refractivity contribution is -0.289. The predicted molar refractivity (Wildman–Crippen MR) is 137 cm³/mol. The minimum absolute atomic E-state index is 0.0607. The molecule has 5 heterocycles. The summed E-state index contributed by atoms with van der Waals surface area (Å²) >= 11 is 0. The van der Waals surface area contributed by atoms with Crippen LogP contribution >= 0.6 is 0 Å². The summed E-state index contributed by atoms with van der Waals surface area (Å²) in [5.74, 6) is -0.0607. The zero-order chi connectivity index (χ0) is 24.5. The highest BCUT2D eigenvalue weighted by atomic mass is 16.6. The van der Waals surface area contributed by atoms with Gasteiger partial charge in [-0.1, -0.05) is 36.4 Å². The molecule has 0 radical (unpaired) electrons. The second-order valence-corrected chi connectivity index (χ2v) is 10.2. The van der Waals surface area contributed by atoms with E-state index in [1.807, 2.05) is 44.3 Å². The van der Waals surface area contributed by atoms with Crippen LogP contribution in [0.5, 0.6) is 0 Å². The average Bonchev–Trinajstić information content (AvgIpc) is 3.52. The van der Waals surface area contributed by atoms with Crippen LogP contribution in [0.25, 0.3) is 43.6 Å². The van der Waals surface area contributed by atoms with Gasteiger partial charge >= 0.3 is 0 Å². The fraction of sp³-hybridized carbons (Fsp3) is 0.321. The minimum Gasteiger partial charge on any atom is -0.387 e. The predicted octanol–water partition coefficient (Wildman–Crippen LogP) is 3.32. The Hall–Kier alpha value is -3.43. The Morgan fingerprint density at radius 1 is 1.08 bits per heavy atom. The number of carbonyl (C=O) groups is 1. The second kappa shape index (κ2) is 6.66. The third-order valence-electron chi connectivity index (χ3n) is 8.68. The fourth-order valence-electron chi connectivity index (χ4n) is 7.35. The molecule has 8 heteroatoms. The van der Waals surface area contributed by atoms with Crippen molar-refractivity contribution in [1.29, 1.82) is 0 Å². The van der Waals surface area contributed by atoms with Gasteiger partial charge in [0.05, 0.1) is 33.7 Å². The number of hydrogen-bond donors (Lipinski definition) is 3. The first kappa shape index (κ1) is 20.7. The van der Waals surface area contributed by atoms with Crippen LogP contribution in [0.15, 0.2) is 48.5 Å². The number of fused-ring (bicyclic) bond motifs is 13. The molecule has 5 aromatic rings. The molecule has 1 fully saturated rings. The van der Waals surface area contributed by atoms with Gasteiger partial charge in [-0.3, -0.25) is 4.79 Å². The molecule has 5 atom stereocenters. The number of hydrogen-bond acceptors (Lipinski definition) is 5. The molecule has 8 rings (SSSR count). The number of para-hydroxylation sites is 2. The van der Waals surface area contributed by atoms with Crippen LogP contribution in [0.1, 0.15) is 29.1 Å². The van der Waals surface area contributed by atoms with Crippen molar-refractivity contribution in [1.82, 2.24) is 19.8 Å². The van der Waals surface area contributed by atoms with Crippen molar-refractivity contribution in [2.45, 2.75) is 43.7 Å². The largest absolute Gasteiger partial charge is 0.387 e. The van der Waals surface area contributed by atoms with Crippen LogP contribution in [0, 0.1) is 0 Å². The van der Waals surface area contributed by atoms with Crippen molar-refractivity contribution in [3.05, 3.63) is 59.7 Å². The topological polar surface area (TPSA) is 89.7 Å². The third kappa shape index (κ3) is 2.11. The minimum atomic E-state index is -0.939. The first-order valence-corrected chi connectivity index (χ1v) is 12.4. The summed E-state index contributed by atoms with van der Waals surface area (Å²) in [4.78, 5) is 13.3. The first-order valence-electron chi connectivity index (χ1n) is 12.4. The number of likely N-dealkylation sites (N-methyl/N-ethyl adjacent to an activating group) is 1. The molecule has 0 spiro atoms. The standard InChI is InChI=1S/C28H26N4O4/c1-28-25(35-3)21(29-2)24(33)27(36-28)31-16-10-6-4-8-13(16)19-20-15(12-30-26(20)34)18-14-9-5-7-11-17(14)32(28)23(18)22(19)31/h4-11,21,24-25,27,29,33H,12H2,1-3H3,(H,30,34). The normalized spacial score (nSPS) is 28.9. The van der Waals surface area contributed by atoms with Crippen molar-refractivity contribution >= 4 is 49.5 Å². The summed E-state index contributed by atoms with van der Waals surface area (Å²) in [6, 6.07) is 16.0. The molecular formula is C28H26N4O4. The quantitative estimate of drug-likeness (QED) is 0.359. The van der Waals surface area contributed by atoms with E-state index in [1.54, 1.807) is 7.11 Å². The molecule has 1 amide bonds. The SMILES string of the molecule is CNC1C(O)C2OC(C)(C1OC)n1c3ccccc3c3c4c(c5c6ccccc6n2c5c31)C(=O)NC4. The van der Waals surface area contributed by atoms with Crippen LogP contribution in [0.2, 0.25) is 0 Å². The Kier molecular flexibility index (Phi) is 3.83. The molecule has 1 saturated heterocycles. The number of benzene rings is 3. The molecule has 3 aliphatic heterocycles. The number of nitrogens with zero attached hydrogens (tertiary/aromatic N) is 2. The highest BCUT2D eigenvalue weighted by Crippen LogP contribution is 2.53. The highest BCUT2D eigenvalue weighted by molar-refractivity contribution is 6.31. The van der Waals surface area contributed by atoms with Crippen molar-refractivity contribution in [3.63, 3.8) is 0 Å². The van der Waals surface area contributed by atoms with E-state index in [0.29, 0.717) is 6.54 Å². The zero-order valence-corrected chi connectivity index (χ0v) is 20.2. The summed E-state index contributed by atoms with van der Waals surface area (Å²) in [6.45, 7) is 2.53. The molecule has 3 aliphatic rings. The molecule has 3 aromatic carbocycles. The van der Waals surface area contributed by atoms with E-state index in [4.69, 9.17) is 9.47 Å². The van der Waals surface area contributed by atoms with Gasteiger partial charge in [0.15, 0.2) is 12.0 Å². The third-order valence-corrected chi connectivity index (χ3v) is 8.68. The first-order chi connectivity index (χ1) is 17.5. The molecular weight excluding hydrogens is 456 g/mol. The van der Waals surface area contributed by atoms with Gasteiger partial charge < -0.3 is 34.3 Å². The number of amides is 1. The van der Waals surface area contributed by atoms with Gasteiger partial charge in [0.1, 0.15) is 12.2 Å². The van der Waals surface area contributed by atoms with E-state index in [2.05, 4.69) is 38.0 Å². The summed E-state index contributed by atoms with van der Waals surface area (Å²) in [7, 11) is 3.51. The monoisotopic (exact) mass is 482 g/mol. The van der Waals surface area contributed by atoms with Crippen molar-refractivity contribution in [3.8, 4) is 0 Å². The summed E-state index contributed by atoms with van der Waals surface area (Å²) in [5.41, 5.74) is 4.66. The van der Waals surface area contributed by atoms with Crippen LogP contribution in [0.3, 0.4) is 0 Å². The van der Waals surface area contributed by atoms with E-state index in [-0.39, 0.29) is 5.91 Å². The Morgan fingerprint density at radius 3 is 2.50 bits per heavy atom. The Morgan fingerprint density at radius 2 is 1.78 bits per heavy atom. The number of aliphatic hydroxyl groups is 1. The number of aromatic nitrogens is 2. The Bertz CT molecular complexity index is 1790. The van der Waals surface area contributed by atoms with E-state index < -0.39 is 30.2 Å². The molecule has 8 nitrogen and oxygen atoms in total. The van der Waals surface area contributed by atoms with Gasteiger partial charge in [-0.25, -0.2) is 0 Å². The number of nitrogens with one attached hydrogen (secondary N) is 2. The van der Waals surface area contributed by atoms with Gasteiger partial charge in [0, 0.05) is 35.2 Å². The van der Waals surface area contributed by atoms with E-state index in [0.717, 1.165) is 54.7 Å². The van der Waals surface area contributed by atoms with Crippen molar-refractivity contribution < 1.29 is 19.4 Å². The van der Waals surface area contributed by atoms with Gasteiger partial charge in [0.2, 0.25) is 0 Å². The number of ether oxygens (including phenoxy) is 2. The van der Waals surface area contributed by atoms with Crippen molar-refractivity contribution in [2.24, 2.45) is 0 Å².